The largest absolute Gasteiger partial charge is 0.264 e. The van der Waals surface area contributed by atoms with Crippen LogP contribution >= 0.6 is 0 Å². The van der Waals surface area contributed by atoms with Gasteiger partial charge in [-0.3, -0.25) is 4.31 Å². The van der Waals surface area contributed by atoms with E-state index in [0.717, 1.165) is 15.4 Å². The van der Waals surface area contributed by atoms with Crippen LogP contribution in [0, 0.1) is 6.92 Å². The normalized spacial score (nSPS) is 12.6. The maximum atomic E-state index is 12.4. The summed E-state index contributed by atoms with van der Waals surface area (Å²) in [5.41, 5.74) is 2.65. The fourth-order valence-electron chi connectivity index (χ4n) is 1.86. The highest BCUT2D eigenvalue weighted by Gasteiger charge is 2.17. The first-order valence-corrected chi connectivity index (χ1v) is 8.53. The summed E-state index contributed by atoms with van der Waals surface area (Å²) < 4.78 is 25.8. The van der Waals surface area contributed by atoms with Crippen LogP contribution in [0.25, 0.3) is 0 Å². The van der Waals surface area contributed by atoms with E-state index in [2.05, 4.69) is 10.2 Å². The van der Waals surface area contributed by atoms with E-state index >= 15 is 0 Å². The molecular weight excluding hydrogens is 310 g/mol. The summed E-state index contributed by atoms with van der Waals surface area (Å²) >= 11 is 0. The van der Waals surface area contributed by atoms with E-state index in [-0.39, 0.29) is 4.90 Å². The lowest BCUT2D eigenvalue weighted by Crippen LogP contribution is -2.25. The molecule has 23 heavy (non-hydrogen) atoms. The smallest absolute Gasteiger partial charge is 0.257 e. The molecule has 0 saturated carbocycles. The molecule has 2 aromatic carbocycles. The van der Waals surface area contributed by atoms with Crippen molar-refractivity contribution in [2.75, 3.05) is 7.05 Å². The average Bonchev–Trinajstić information content (AvgIpc) is 2.55. The standard InChI is InChI=1S/C17H19N3O2S/c1-14-9-11-17(12-10-14)23(21,22)20(3)13-18-19-15(2)16-7-5-4-6-8-16/h4-13H,1-3H3/b18-13+,19-15-. The van der Waals surface area contributed by atoms with Gasteiger partial charge >= 0.3 is 0 Å². The summed E-state index contributed by atoms with van der Waals surface area (Å²) in [6.07, 6.45) is 1.20. The molecule has 0 radical (unpaired) electrons. The van der Waals surface area contributed by atoms with E-state index in [4.69, 9.17) is 0 Å². The Labute approximate surface area is 137 Å². The number of sulfonamides is 1. The zero-order valence-corrected chi connectivity index (χ0v) is 14.2. The number of nitrogens with zero attached hydrogens (tertiary/aromatic N) is 3. The Morgan fingerprint density at radius 3 is 2.26 bits per heavy atom. The maximum Gasteiger partial charge on any atom is 0.264 e. The van der Waals surface area contributed by atoms with Crippen molar-refractivity contribution in [2.24, 2.45) is 10.2 Å². The summed E-state index contributed by atoms with van der Waals surface area (Å²) in [7, 11) is -2.17. The first-order chi connectivity index (χ1) is 10.9. The van der Waals surface area contributed by atoms with Crippen LogP contribution in [-0.4, -0.2) is 31.8 Å². The van der Waals surface area contributed by atoms with E-state index < -0.39 is 10.0 Å². The van der Waals surface area contributed by atoms with Crippen LogP contribution in [0.4, 0.5) is 0 Å². The number of aryl methyl sites for hydroxylation is 1. The molecule has 0 unspecified atom stereocenters. The van der Waals surface area contributed by atoms with Crippen molar-refractivity contribution >= 4 is 22.1 Å². The van der Waals surface area contributed by atoms with Gasteiger partial charge < -0.3 is 0 Å². The first kappa shape index (κ1) is 16.9. The zero-order chi connectivity index (χ0) is 16.9. The van der Waals surface area contributed by atoms with Gasteiger partial charge in [-0.15, -0.1) is 5.10 Å². The number of hydrogen-bond donors (Lipinski definition) is 0. The van der Waals surface area contributed by atoms with Gasteiger partial charge in [0.25, 0.3) is 10.0 Å². The molecule has 0 heterocycles. The van der Waals surface area contributed by atoms with Crippen molar-refractivity contribution < 1.29 is 8.42 Å². The first-order valence-electron chi connectivity index (χ1n) is 7.09. The van der Waals surface area contributed by atoms with Crippen LogP contribution in [-0.2, 0) is 10.0 Å². The molecule has 0 N–H and O–H groups in total. The second-order valence-electron chi connectivity index (χ2n) is 5.12. The monoisotopic (exact) mass is 329 g/mol. The predicted molar refractivity (Wildman–Crippen MR) is 93.3 cm³/mol. The Kier molecular flexibility index (Phi) is 5.28. The molecule has 0 aliphatic carbocycles. The molecule has 6 heteroatoms. The Morgan fingerprint density at radius 1 is 1.04 bits per heavy atom. The summed E-state index contributed by atoms with van der Waals surface area (Å²) in [5, 5.41) is 7.90. The third kappa shape index (κ3) is 4.26. The minimum atomic E-state index is -3.60. The molecule has 5 nitrogen and oxygen atoms in total. The van der Waals surface area contributed by atoms with Crippen LogP contribution in [0.15, 0.2) is 69.7 Å². The van der Waals surface area contributed by atoms with Crippen molar-refractivity contribution in [3.05, 3.63) is 65.7 Å². The predicted octanol–water partition coefficient (Wildman–Crippen LogP) is 3.07. The highest BCUT2D eigenvalue weighted by Crippen LogP contribution is 2.13. The Hall–Kier alpha value is -2.47. The van der Waals surface area contributed by atoms with Gasteiger partial charge in [-0.05, 0) is 31.5 Å². The molecule has 0 fully saturated rings. The summed E-state index contributed by atoms with van der Waals surface area (Å²) in [6.45, 7) is 3.73. The third-order valence-corrected chi connectivity index (χ3v) is 5.03. The minimum Gasteiger partial charge on any atom is -0.257 e. The molecule has 0 aromatic heterocycles. The fraction of sp³-hybridized carbons (Fsp3) is 0.176. The molecule has 0 atom stereocenters. The maximum absolute atomic E-state index is 12.4. The van der Waals surface area contributed by atoms with Crippen molar-refractivity contribution in [3.8, 4) is 0 Å². The van der Waals surface area contributed by atoms with Crippen LogP contribution in [0.1, 0.15) is 18.1 Å². The molecule has 0 aliphatic rings. The molecular formula is C17H19N3O2S. The van der Waals surface area contributed by atoms with E-state index in [1.165, 1.54) is 13.4 Å². The van der Waals surface area contributed by atoms with Gasteiger partial charge in [0.05, 0.1) is 10.6 Å². The number of rotatable bonds is 5. The van der Waals surface area contributed by atoms with Crippen LogP contribution in [0.5, 0.6) is 0 Å². The summed E-state index contributed by atoms with van der Waals surface area (Å²) in [5.74, 6) is 0. The van der Waals surface area contributed by atoms with Crippen molar-refractivity contribution in [2.45, 2.75) is 18.7 Å². The molecule has 0 spiro atoms. The van der Waals surface area contributed by atoms with Gasteiger partial charge in [0.2, 0.25) is 0 Å². The third-order valence-electron chi connectivity index (χ3n) is 3.31. The molecule has 0 aliphatic heterocycles. The Bertz CT molecular complexity index is 811. The van der Waals surface area contributed by atoms with E-state index in [9.17, 15) is 8.42 Å². The number of benzene rings is 2. The highest BCUT2D eigenvalue weighted by molar-refractivity contribution is 7.89. The average molecular weight is 329 g/mol. The molecule has 2 rings (SSSR count). The van der Waals surface area contributed by atoms with Gasteiger partial charge in [0, 0.05) is 7.05 Å². The molecule has 0 bridgehead atoms. The van der Waals surface area contributed by atoms with Crippen LogP contribution in [0.2, 0.25) is 0 Å². The van der Waals surface area contributed by atoms with Gasteiger partial charge in [-0.2, -0.15) is 5.10 Å². The van der Waals surface area contributed by atoms with Crippen LogP contribution < -0.4 is 0 Å². The number of hydrogen-bond acceptors (Lipinski definition) is 4. The second-order valence-corrected chi connectivity index (χ2v) is 7.11. The van der Waals surface area contributed by atoms with Gasteiger partial charge in [-0.25, -0.2) is 8.42 Å². The lowest BCUT2D eigenvalue weighted by atomic mass is 10.1. The zero-order valence-electron chi connectivity index (χ0n) is 13.3. The van der Waals surface area contributed by atoms with Crippen molar-refractivity contribution in [1.82, 2.24) is 4.31 Å². The van der Waals surface area contributed by atoms with Gasteiger partial charge in [0.15, 0.2) is 0 Å². The lowest BCUT2D eigenvalue weighted by molar-refractivity contribution is 0.555. The van der Waals surface area contributed by atoms with E-state index in [1.807, 2.05) is 44.2 Å². The fourth-order valence-corrected chi connectivity index (χ4v) is 2.84. The summed E-state index contributed by atoms with van der Waals surface area (Å²) in [4.78, 5) is 0.223. The molecule has 2 aromatic rings. The highest BCUT2D eigenvalue weighted by atomic mass is 32.2. The quantitative estimate of drug-likeness (QED) is 0.481. The Balaban J connectivity index is 2.14. The summed E-state index contributed by atoms with van der Waals surface area (Å²) in [6, 6.07) is 16.2. The van der Waals surface area contributed by atoms with Crippen molar-refractivity contribution in [1.29, 1.82) is 0 Å². The van der Waals surface area contributed by atoms with Gasteiger partial charge in [0.1, 0.15) is 6.34 Å². The second kappa shape index (κ2) is 7.19. The Morgan fingerprint density at radius 2 is 1.65 bits per heavy atom. The molecule has 120 valence electrons. The molecule has 0 saturated heterocycles. The van der Waals surface area contributed by atoms with Gasteiger partial charge in [-0.1, -0.05) is 48.0 Å². The van der Waals surface area contributed by atoms with E-state index in [1.54, 1.807) is 24.3 Å². The van der Waals surface area contributed by atoms with E-state index in [0.29, 0.717) is 5.71 Å². The lowest BCUT2D eigenvalue weighted by Gasteiger charge is -2.13. The topological polar surface area (TPSA) is 62.1 Å². The van der Waals surface area contributed by atoms with Crippen LogP contribution in [0.3, 0.4) is 0 Å². The SMILES string of the molecule is C/C(=N/N=C/N(C)S(=O)(=O)c1ccc(C)cc1)c1ccccc1. The molecule has 0 amide bonds. The van der Waals surface area contributed by atoms with Crippen molar-refractivity contribution in [3.63, 3.8) is 0 Å². The minimum absolute atomic E-state index is 0.223.